The van der Waals surface area contributed by atoms with E-state index in [1.807, 2.05) is 0 Å². The number of amides is 1. The Hall–Kier alpha value is -2.30. The Balaban J connectivity index is 1.64. The Kier molecular flexibility index (Phi) is 6.37. The summed E-state index contributed by atoms with van der Waals surface area (Å²) in [5.74, 6) is -0.768. The molecule has 0 saturated heterocycles. The summed E-state index contributed by atoms with van der Waals surface area (Å²) in [4.78, 5) is 26.8. The first-order valence-corrected chi connectivity index (χ1v) is 13.3. The van der Waals surface area contributed by atoms with Crippen molar-refractivity contribution in [2.75, 3.05) is 29.0 Å². The molecule has 11 heteroatoms. The maximum absolute atomic E-state index is 13.1. The van der Waals surface area contributed by atoms with Gasteiger partial charge < -0.3 is 14.8 Å². The maximum Gasteiger partial charge on any atom is 0.341 e. The Bertz CT molecular complexity index is 1180. The van der Waals surface area contributed by atoms with Gasteiger partial charge in [-0.25, -0.2) is 13.2 Å². The number of esters is 1. The van der Waals surface area contributed by atoms with Crippen LogP contribution in [0.25, 0.3) is 0 Å². The molecule has 172 valence electrons. The van der Waals surface area contributed by atoms with Gasteiger partial charge in [-0.1, -0.05) is 11.6 Å². The molecule has 32 heavy (non-hydrogen) atoms. The van der Waals surface area contributed by atoms with Crippen molar-refractivity contribution < 1.29 is 27.5 Å². The Labute approximate surface area is 195 Å². The van der Waals surface area contributed by atoms with Crippen LogP contribution in [0.3, 0.4) is 0 Å². The smallest absolute Gasteiger partial charge is 0.341 e. The van der Waals surface area contributed by atoms with Crippen LogP contribution in [-0.2, 0) is 32.4 Å². The number of hydrogen-bond acceptors (Lipinski definition) is 7. The molecular weight excluding hydrogens is 476 g/mol. The van der Waals surface area contributed by atoms with Crippen molar-refractivity contribution in [3.05, 3.63) is 39.2 Å². The normalized spacial score (nSPS) is 17.7. The van der Waals surface area contributed by atoms with Crippen LogP contribution in [0.4, 0.5) is 10.7 Å². The van der Waals surface area contributed by atoms with Crippen molar-refractivity contribution in [3.8, 4) is 5.75 Å². The van der Waals surface area contributed by atoms with Gasteiger partial charge in [0, 0.05) is 9.90 Å². The second-order valence-electron chi connectivity index (χ2n) is 7.64. The number of halogens is 1. The highest BCUT2D eigenvalue weighted by Gasteiger charge is 2.36. The molecule has 1 aromatic heterocycles. The van der Waals surface area contributed by atoms with E-state index in [0.717, 1.165) is 46.7 Å². The fourth-order valence-electron chi connectivity index (χ4n) is 3.94. The van der Waals surface area contributed by atoms with Gasteiger partial charge in [-0.2, -0.15) is 0 Å². The molecule has 1 aliphatic heterocycles. The van der Waals surface area contributed by atoms with E-state index in [1.165, 1.54) is 23.5 Å². The summed E-state index contributed by atoms with van der Waals surface area (Å²) in [6, 6.07) is 4.58. The number of ether oxygens (including phenoxy) is 2. The quantitative estimate of drug-likeness (QED) is 0.632. The summed E-state index contributed by atoms with van der Waals surface area (Å²) in [5.41, 5.74) is 1.60. The van der Waals surface area contributed by atoms with Gasteiger partial charge in [0.05, 0.1) is 30.7 Å². The first-order chi connectivity index (χ1) is 15.2. The number of rotatable bonds is 5. The summed E-state index contributed by atoms with van der Waals surface area (Å²) in [6.07, 6.45) is 3.55. The van der Waals surface area contributed by atoms with Gasteiger partial charge in [0.15, 0.2) is 6.10 Å². The van der Waals surface area contributed by atoms with Gasteiger partial charge in [0.2, 0.25) is 10.0 Å². The third kappa shape index (κ3) is 4.44. The van der Waals surface area contributed by atoms with E-state index in [0.29, 0.717) is 15.6 Å². The lowest BCUT2D eigenvalue weighted by molar-refractivity contribution is -0.122. The van der Waals surface area contributed by atoms with Crippen LogP contribution in [0.15, 0.2) is 18.2 Å². The number of hydrogen-bond donors (Lipinski definition) is 1. The van der Waals surface area contributed by atoms with E-state index in [4.69, 9.17) is 21.1 Å². The summed E-state index contributed by atoms with van der Waals surface area (Å²) in [7, 11) is -3.68. The van der Waals surface area contributed by atoms with Crippen molar-refractivity contribution in [1.82, 2.24) is 0 Å². The molecule has 1 amide bonds. The number of sulfonamides is 1. The molecular formula is C21H23ClN2O6S2. The van der Waals surface area contributed by atoms with Crippen LogP contribution in [0, 0.1) is 0 Å². The van der Waals surface area contributed by atoms with Gasteiger partial charge in [-0.3, -0.25) is 9.10 Å². The zero-order valence-corrected chi connectivity index (χ0v) is 20.0. The van der Waals surface area contributed by atoms with Gasteiger partial charge in [0.1, 0.15) is 10.8 Å². The third-order valence-electron chi connectivity index (χ3n) is 5.37. The van der Waals surface area contributed by atoms with Gasteiger partial charge in [-0.05, 0) is 56.4 Å². The van der Waals surface area contributed by atoms with Crippen molar-refractivity contribution in [1.29, 1.82) is 0 Å². The average Bonchev–Trinajstić information content (AvgIpc) is 3.10. The second-order valence-corrected chi connectivity index (χ2v) is 11.1. The van der Waals surface area contributed by atoms with Gasteiger partial charge >= 0.3 is 5.97 Å². The monoisotopic (exact) mass is 498 g/mol. The van der Waals surface area contributed by atoms with Gasteiger partial charge in [0.25, 0.3) is 5.91 Å². The molecule has 2 heterocycles. The standard InChI is InChI=1S/C21H23ClN2O6S2/c1-3-29-21(26)18-13-6-4-5-7-17(13)31-20(18)23-19(25)16-11-24(32(2,27)28)14-10-12(22)8-9-15(14)30-16/h8-10,16H,3-7,11H2,1-2H3,(H,23,25). The number of nitrogens with one attached hydrogen (secondary N) is 1. The molecule has 1 atom stereocenters. The summed E-state index contributed by atoms with van der Waals surface area (Å²) < 4.78 is 36.9. The lowest BCUT2D eigenvalue weighted by atomic mass is 9.95. The molecule has 0 radical (unpaired) electrons. The SMILES string of the molecule is CCOC(=O)c1c(NC(=O)C2CN(S(C)(=O)=O)c3cc(Cl)ccc3O2)sc2c1CCCC2. The second kappa shape index (κ2) is 8.92. The lowest BCUT2D eigenvalue weighted by Gasteiger charge is -2.34. The zero-order valence-electron chi connectivity index (χ0n) is 17.6. The molecule has 0 saturated carbocycles. The highest BCUT2D eigenvalue weighted by Crippen LogP contribution is 2.40. The van der Waals surface area contributed by atoms with Crippen LogP contribution < -0.4 is 14.4 Å². The lowest BCUT2D eigenvalue weighted by Crippen LogP contribution is -2.48. The molecule has 1 aromatic carbocycles. The predicted octanol–water partition coefficient (Wildman–Crippen LogP) is 3.62. The molecule has 0 fully saturated rings. The molecule has 8 nitrogen and oxygen atoms in total. The largest absolute Gasteiger partial charge is 0.476 e. The highest BCUT2D eigenvalue weighted by atomic mass is 35.5. The topological polar surface area (TPSA) is 102 Å². The van der Waals surface area contributed by atoms with Crippen molar-refractivity contribution >= 4 is 55.5 Å². The molecule has 0 bridgehead atoms. The maximum atomic E-state index is 13.1. The van der Waals surface area contributed by atoms with E-state index in [1.54, 1.807) is 13.0 Å². The Morgan fingerprint density at radius 2 is 2.06 bits per heavy atom. The van der Waals surface area contributed by atoms with Crippen molar-refractivity contribution in [3.63, 3.8) is 0 Å². The molecule has 2 aliphatic rings. The van der Waals surface area contributed by atoms with Crippen molar-refractivity contribution in [2.24, 2.45) is 0 Å². The summed E-state index contributed by atoms with van der Waals surface area (Å²) in [6.45, 7) is 1.75. The summed E-state index contributed by atoms with van der Waals surface area (Å²) in [5, 5.41) is 3.56. The van der Waals surface area contributed by atoms with Crippen LogP contribution >= 0.6 is 22.9 Å². The highest BCUT2D eigenvalue weighted by molar-refractivity contribution is 7.92. The number of carbonyl (C=O) groups excluding carboxylic acids is 2. The van der Waals surface area contributed by atoms with Crippen LogP contribution in [0.5, 0.6) is 5.75 Å². The van der Waals surface area contributed by atoms with E-state index in [9.17, 15) is 18.0 Å². The number of fused-ring (bicyclic) bond motifs is 2. The number of benzene rings is 1. The summed E-state index contributed by atoms with van der Waals surface area (Å²) >= 11 is 7.39. The first kappa shape index (κ1) is 22.9. The van der Waals surface area contributed by atoms with E-state index >= 15 is 0 Å². The minimum absolute atomic E-state index is 0.210. The number of aryl methyl sites for hydroxylation is 1. The Morgan fingerprint density at radius 3 is 2.78 bits per heavy atom. The van der Waals surface area contributed by atoms with Crippen LogP contribution in [-0.4, -0.2) is 45.8 Å². The molecule has 2 aromatic rings. The molecule has 1 aliphatic carbocycles. The fraction of sp³-hybridized carbons (Fsp3) is 0.429. The average molecular weight is 499 g/mol. The third-order valence-corrected chi connectivity index (χ3v) is 7.96. The molecule has 4 rings (SSSR count). The van der Waals surface area contributed by atoms with Crippen molar-refractivity contribution in [2.45, 2.75) is 38.7 Å². The van der Waals surface area contributed by atoms with E-state index in [-0.39, 0.29) is 24.6 Å². The van der Waals surface area contributed by atoms with Crippen LogP contribution in [0.2, 0.25) is 5.02 Å². The Morgan fingerprint density at radius 1 is 1.31 bits per heavy atom. The number of nitrogens with zero attached hydrogens (tertiary/aromatic N) is 1. The van der Waals surface area contributed by atoms with Crippen LogP contribution in [0.1, 0.15) is 40.6 Å². The number of anilines is 2. The molecule has 1 N–H and O–H groups in total. The van der Waals surface area contributed by atoms with Gasteiger partial charge in [-0.15, -0.1) is 11.3 Å². The minimum Gasteiger partial charge on any atom is -0.476 e. The number of thiophene rings is 1. The molecule has 1 unspecified atom stereocenters. The first-order valence-electron chi connectivity index (χ1n) is 10.3. The zero-order chi connectivity index (χ0) is 23.0. The molecule has 0 spiro atoms. The number of carbonyl (C=O) groups is 2. The predicted molar refractivity (Wildman–Crippen MR) is 124 cm³/mol. The fourth-order valence-corrected chi connectivity index (χ4v) is 6.29. The van der Waals surface area contributed by atoms with E-state index < -0.39 is 28.0 Å². The van der Waals surface area contributed by atoms with E-state index in [2.05, 4.69) is 5.32 Å². The minimum atomic E-state index is -3.68.